The number of benzene rings is 2. The summed E-state index contributed by atoms with van der Waals surface area (Å²) in [5.74, 6) is 0.829. The van der Waals surface area contributed by atoms with Crippen LogP contribution in [0.2, 0.25) is 0 Å². The fourth-order valence-electron chi connectivity index (χ4n) is 3.82. The van der Waals surface area contributed by atoms with E-state index in [4.69, 9.17) is 10.5 Å². The van der Waals surface area contributed by atoms with Crippen molar-refractivity contribution < 1.29 is 19.1 Å². The highest BCUT2D eigenvalue weighted by Gasteiger charge is 2.29. The molecule has 7 heteroatoms. The number of amides is 3. The van der Waals surface area contributed by atoms with Gasteiger partial charge in [-0.1, -0.05) is 13.3 Å². The first kappa shape index (κ1) is 23.3. The molecule has 3 amide bonds. The molecule has 1 saturated heterocycles. The summed E-state index contributed by atoms with van der Waals surface area (Å²) in [6, 6.07) is 13.5. The van der Waals surface area contributed by atoms with Crippen molar-refractivity contribution in [3.8, 4) is 11.5 Å². The van der Waals surface area contributed by atoms with E-state index in [2.05, 4.69) is 6.92 Å². The molecule has 170 valence electrons. The average molecular weight is 438 g/mol. The number of carbonyl (C=O) groups is 3. The van der Waals surface area contributed by atoms with Gasteiger partial charge in [0.1, 0.15) is 11.5 Å². The zero-order valence-electron chi connectivity index (χ0n) is 18.8. The second-order valence-electron chi connectivity index (χ2n) is 8.19. The fraction of sp³-hybridized carbons (Fsp3) is 0.400. The second kappa shape index (κ2) is 10.8. The molecule has 1 fully saturated rings. The minimum atomic E-state index is -0.490. The summed E-state index contributed by atoms with van der Waals surface area (Å²) in [5, 5.41) is 0. The summed E-state index contributed by atoms with van der Waals surface area (Å²) in [4.78, 5) is 40.2. The fourth-order valence-corrected chi connectivity index (χ4v) is 3.82. The maximum atomic E-state index is 12.9. The molecule has 1 aliphatic rings. The third-order valence-electron chi connectivity index (χ3n) is 5.83. The van der Waals surface area contributed by atoms with Gasteiger partial charge >= 0.3 is 0 Å². The Kier molecular flexibility index (Phi) is 7.87. The SMILES string of the molecule is CCCCN(C)C(=O)C1CCN(C(=O)c2ccc(Oc3ccc(C(N)=O)cc3)cc2)CC1. The van der Waals surface area contributed by atoms with Crippen LogP contribution in [0.1, 0.15) is 53.3 Å². The molecule has 7 nitrogen and oxygen atoms in total. The lowest BCUT2D eigenvalue weighted by molar-refractivity contribution is -0.135. The molecule has 2 aromatic rings. The molecule has 0 spiro atoms. The van der Waals surface area contributed by atoms with Crippen molar-refractivity contribution in [3.05, 3.63) is 59.7 Å². The van der Waals surface area contributed by atoms with Gasteiger partial charge in [0.2, 0.25) is 11.8 Å². The van der Waals surface area contributed by atoms with Gasteiger partial charge in [-0.05, 0) is 67.8 Å². The van der Waals surface area contributed by atoms with Gasteiger partial charge in [0.25, 0.3) is 5.91 Å². The summed E-state index contributed by atoms with van der Waals surface area (Å²) in [5.41, 5.74) is 6.24. The Labute approximate surface area is 189 Å². The number of nitrogens with two attached hydrogens (primary N) is 1. The van der Waals surface area contributed by atoms with Crippen LogP contribution in [-0.4, -0.2) is 54.2 Å². The Hall–Kier alpha value is -3.35. The maximum absolute atomic E-state index is 12.9. The number of likely N-dealkylation sites (tertiary alicyclic amines) is 1. The van der Waals surface area contributed by atoms with E-state index < -0.39 is 5.91 Å². The van der Waals surface area contributed by atoms with E-state index in [1.807, 2.05) is 16.8 Å². The Morgan fingerprint density at radius 1 is 0.969 bits per heavy atom. The third kappa shape index (κ3) is 5.87. The molecular weight excluding hydrogens is 406 g/mol. The molecule has 2 aromatic carbocycles. The average Bonchev–Trinajstić information content (AvgIpc) is 2.82. The first-order valence-electron chi connectivity index (χ1n) is 11.1. The van der Waals surface area contributed by atoms with Crippen LogP contribution >= 0.6 is 0 Å². The van der Waals surface area contributed by atoms with Gasteiger partial charge in [0, 0.05) is 43.7 Å². The predicted octanol–water partition coefficient (Wildman–Crippen LogP) is 3.69. The van der Waals surface area contributed by atoms with Gasteiger partial charge in [0.15, 0.2) is 0 Å². The minimum absolute atomic E-state index is 0.00219. The molecule has 0 atom stereocenters. The zero-order valence-corrected chi connectivity index (χ0v) is 18.8. The molecule has 0 bridgehead atoms. The number of nitrogens with zero attached hydrogens (tertiary/aromatic N) is 2. The zero-order chi connectivity index (χ0) is 23.1. The van der Waals surface area contributed by atoms with Gasteiger partial charge < -0.3 is 20.3 Å². The molecule has 1 heterocycles. The number of ether oxygens (including phenoxy) is 1. The number of unbranched alkanes of at least 4 members (excludes halogenated alkanes) is 1. The van der Waals surface area contributed by atoms with Crippen molar-refractivity contribution in [2.75, 3.05) is 26.7 Å². The first-order chi connectivity index (χ1) is 15.4. The molecular formula is C25H31N3O4. The van der Waals surface area contributed by atoms with E-state index in [9.17, 15) is 14.4 Å². The van der Waals surface area contributed by atoms with Crippen LogP contribution in [0.3, 0.4) is 0 Å². The lowest BCUT2D eigenvalue weighted by atomic mass is 9.94. The molecule has 0 aromatic heterocycles. The van der Waals surface area contributed by atoms with Crippen molar-refractivity contribution in [2.45, 2.75) is 32.6 Å². The molecule has 0 radical (unpaired) electrons. The summed E-state index contributed by atoms with van der Waals surface area (Å²) < 4.78 is 5.76. The summed E-state index contributed by atoms with van der Waals surface area (Å²) in [7, 11) is 1.87. The van der Waals surface area contributed by atoms with Crippen LogP contribution in [0, 0.1) is 5.92 Å². The van der Waals surface area contributed by atoms with E-state index in [-0.39, 0.29) is 17.7 Å². The highest BCUT2D eigenvalue weighted by atomic mass is 16.5. The van der Waals surface area contributed by atoms with Gasteiger partial charge in [-0.15, -0.1) is 0 Å². The van der Waals surface area contributed by atoms with E-state index >= 15 is 0 Å². The Morgan fingerprint density at radius 2 is 1.50 bits per heavy atom. The van der Waals surface area contributed by atoms with E-state index in [0.717, 1.165) is 19.4 Å². The summed E-state index contributed by atoms with van der Waals surface area (Å²) in [6.45, 7) is 4.07. The summed E-state index contributed by atoms with van der Waals surface area (Å²) in [6.07, 6.45) is 3.47. The number of primary amides is 1. The third-order valence-corrected chi connectivity index (χ3v) is 5.83. The lowest BCUT2D eigenvalue weighted by Crippen LogP contribution is -2.43. The van der Waals surface area contributed by atoms with Crippen LogP contribution in [0.5, 0.6) is 11.5 Å². The van der Waals surface area contributed by atoms with E-state index in [1.54, 1.807) is 48.5 Å². The first-order valence-corrected chi connectivity index (χ1v) is 11.1. The van der Waals surface area contributed by atoms with Gasteiger partial charge in [-0.3, -0.25) is 14.4 Å². The van der Waals surface area contributed by atoms with Crippen molar-refractivity contribution in [3.63, 3.8) is 0 Å². The number of piperidine rings is 1. The number of carbonyl (C=O) groups excluding carboxylic acids is 3. The van der Waals surface area contributed by atoms with Crippen molar-refractivity contribution in [1.82, 2.24) is 9.80 Å². The molecule has 3 rings (SSSR count). The van der Waals surface area contributed by atoms with Gasteiger partial charge in [0.05, 0.1) is 0 Å². The quantitative estimate of drug-likeness (QED) is 0.682. The van der Waals surface area contributed by atoms with Crippen LogP contribution in [-0.2, 0) is 4.79 Å². The van der Waals surface area contributed by atoms with Crippen LogP contribution < -0.4 is 10.5 Å². The number of rotatable bonds is 8. The van der Waals surface area contributed by atoms with Crippen LogP contribution in [0.25, 0.3) is 0 Å². The monoisotopic (exact) mass is 437 g/mol. The molecule has 0 saturated carbocycles. The normalized spacial score (nSPS) is 14.1. The van der Waals surface area contributed by atoms with Crippen LogP contribution in [0.4, 0.5) is 0 Å². The van der Waals surface area contributed by atoms with E-state index in [1.165, 1.54) is 0 Å². The Balaban J connectivity index is 1.52. The molecule has 0 unspecified atom stereocenters. The Morgan fingerprint density at radius 3 is 2.00 bits per heavy atom. The van der Waals surface area contributed by atoms with Gasteiger partial charge in [-0.25, -0.2) is 0 Å². The smallest absolute Gasteiger partial charge is 0.253 e. The lowest BCUT2D eigenvalue weighted by Gasteiger charge is -2.33. The van der Waals surface area contributed by atoms with Crippen molar-refractivity contribution >= 4 is 17.7 Å². The molecule has 2 N–H and O–H groups in total. The van der Waals surface area contributed by atoms with Crippen LogP contribution in [0.15, 0.2) is 48.5 Å². The maximum Gasteiger partial charge on any atom is 0.253 e. The van der Waals surface area contributed by atoms with Crippen molar-refractivity contribution in [1.29, 1.82) is 0 Å². The number of hydrogen-bond donors (Lipinski definition) is 1. The predicted molar refractivity (Wildman–Crippen MR) is 123 cm³/mol. The standard InChI is InChI=1S/C25H31N3O4/c1-3-4-15-27(2)24(30)20-13-16-28(17-14-20)25(31)19-7-11-22(12-8-19)32-21-9-5-18(6-10-21)23(26)29/h5-12,20H,3-4,13-17H2,1-2H3,(H2,26,29). The molecule has 32 heavy (non-hydrogen) atoms. The highest BCUT2D eigenvalue weighted by molar-refractivity contribution is 5.94. The largest absolute Gasteiger partial charge is 0.457 e. The topological polar surface area (TPSA) is 92.9 Å². The second-order valence-corrected chi connectivity index (χ2v) is 8.19. The highest BCUT2D eigenvalue weighted by Crippen LogP contribution is 2.24. The molecule has 0 aliphatic carbocycles. The Bertz CT molecular complexity index is 933. The summed E-state index contributed by atoms with van der Waals surface area (Å²) >= 11 is 0. The van der Waals surface area contributed by atoms with E-state index in [0.29, 0.717) is 48.6 Å². The molecule has 1 aliphatic heterocycles. The van der Waals surface area contributed by atoms with Gasteiger partial charge in [-0.2, -0.15) is 0 Å². The number of hydrogen-bond acceptors (Lipinski definition) is 4. The van der Waals surface area contributed by atoms with Crippen molar-refractivity contribution in [2.24, 2.45) is 11.7 Å². The minimum Gasteiger partial charge on any atom is -0.457 e.